The summed E-state index contributed by atoms with van der Waals surface area (Å²) < 4.78 is 27.6. The van der Waals surface area contributed by atoms with Crippen LogP contribution in [0.5, 0.6) is 0 Å². The van der Waals surface area contributed by atoms with Crippen LogP contribution in [-0.4, -0.2) is 22.0 Å². The molecule has 4 nitrogen and oxygen atoms in total. The molecule has 0 saturated carbocycles. The highest BCUT2D eigenvalue weighted by Gasteiger charge is 2.19. The number of hydrogen-bond acceptors (Lipinski definition) is 3. The highest BCUT2D eigenvalue weighted by molar-refractivity contribution is 7.89. The van der Waals surface area contributed by atoms with E-state index in [1.807, 2.05) is 33.0 Å². The molecule has 0 heterocycles. The summed E-state index contributed by atoms with van der Waals surface area (Å²) in [6.07, 6.45) is 3.07. The minimum absolute atomic E-state index is 0.408. The second kappa shape index (κ2) is 7.80. The van der Waals surface area contributed by atoms with Crippen molar-refractivity contribution < 1.29 is 8.42 Å². The predicted molar refractivity (Wildman–Crippen MR) is 89.3 cm³/mol. The van der Waals surface area contributed by atoms with Crippen LogP contribution in [0, 0.1) is 19.8 Å². The number of hydrogen-bond donors (Lipinski definition) is 2. The number of anilines is 1. The molecule has 21 heavy (non-hydrogen) atoms. The first kappa shape index (κ1) is 18.0. The third-order valence-corrected chi connectivity index (χ3v) is 5.28. The van der Waals surface area contributed by atoms with Gasteiger partial charge in [-0.05, 0) is 49.4 Å². The van der Waals surface area contributed by atoms with E-state index in [4.69, 9.17) is 0 Å². The van der Waals surface area contributed by atoms with Gasteiger partial charge in [0.1, 0.15) is 0 Å². The molecule has 0 bridgehead atoms. The Kier molecular flexibility index (Phi) is 6.68. The third-order valence-electron chi connectivity index (χ3n) is 3.52. The summed E-state index contributed by atoms with van der Waals surface area (Å²) >= 11 is 0. The number of nitrogens with one attached hydrogen (secondary N) is 2. The van der Waals surface area contributed by atoms with Crippen LogP contribution in [0.1, 0.15) is 44.2 Å². The Hall–Kier alpha value is -1.07. The van der Waals surface area contributed by atoms with E-state index in [1.165, 1.54) is 0 Å². The van der Waals surface area contributed by atoms with Crippen molar-refractivity contribution in [2.45, 2.75) is 51.9 Å². The Morgan fingerprint density at radius 3 is 2.14 bits per heavy atom. The van der Waals surface area contributed by atoms with E-state index in [1.54, 1.807) is 0 Å². The van der Waals surface area contributed by atoms with Crippen LogP contribution in [0.15, 0.2) is 17.0 Å². The quantitative estimate of drug-likeness (QED) is 0.723. The maximum absolute atomic E-state index is 12.4. The number of rotatable bonds is 8. The lowest BCUT2D eigenvalue weighted by atomic mass is 10.1. The van der Waals surface area contributed by atoms with Gasteiger partial charge in [0.25, 0.3) is 0 Å². The molecule has 1 rings (SSSR count). The number of aryl methyl sites for hydroxylation is 2. The molecule has 2 N–H and O–H groups in total. The molecular weight excluding hydrogens is 284 g/mol. The SMILES string of the molecule is CNc1cc(C)c(S(=O)(=O)NCCCCC(C)C)c(C)c1. The van der Waals surface area contributed by atoms with Crippen molar-refractivity contribution >= 4 is 15.7 Å². The topological polar surface area (TPSA) is 58.2 Å². The van der Waals surface area contributed by atoms with Gasteiger partial charge in [-0.2, -0.15) is 0 Å². The molecule has 0 aliphatic heterocycles. The molecule has 0 aromatic heterocycles. The Balaban J connectivity index is 2.75. The highest BCUT2D eigenvalue weighted by Crippen LogP contribution is 2.24. The molecule has 0 fully saturated rings. The van der Waals surface area contributed by atoms with Crippen LogP contribution in [0.2, 0.25) is 0 Å². The first-order chi connectivity index (χ1) is 9.77. The van der Waals surface area contributed by atoms with Gasteiger partial charge in [-0.25, -0.2) is 13.1 Å². The molecule has 120 valence electrons. The van der Waals surface area contributed by atoms with Gasteiger partial charge in [-0.1, -0.05) is 26.7 Å². The van der Waals surface area contributed by atoms with Crippen molar-refractivity contribution in [3.63, 3.8) is 0 Å². The standard InChI is InChI=1S/C16H28N2O2S/c1-12(2)8-6-7-9-18-21(19,20)16-13(3)10-15(17-5)11-14(16)4/h10-12,17-18H,6-9H2,1-5H3. The van der Waals surface area contributed by atoms with E-state index >= 15 is 0 Å². The van der Waals surface area contributed by atoms with Crippen LogP contribution in [0.25, 0.3) is 0 Å². The molecule has 1 aromatic carbocycles. The lowest BCUT2D eigenvalue weighted by Crippen LogP contribution is -2.26. The average molecular weight is 312 g/mol. The zero-order chi connectivity index (χ0) is 16.0. The Bertz CT molecular complexity index is 543. The maximum atomic E-state index is 12.4. The second-order valence-electron chi connectivity index (χ2n) is 5.98. The molecule has 0 atom stereocenters. The lowest BCUT2D eigenvalue weighted by molar-refractivity contribution is 0.530. The molecule has 0 saturated heterocycles. The fourth-order valence-corrected chi connectivity index (χ4v) is 4.00. The Morgan fingerprint density at radius 2 is 1.67 bits per heavy atom. The predicted octanol–water partition coefficient (Wildman–Crippen LogP) is 3.45. The monoisotopic (exact) mass is 312 g/mol. The van der Waals surface area contributed by atoms with Crippen LogP contribution in [-0.2, 0) is 10.0 Å². The lowest BCUT2D eigenvalue weighted by Gasteiger charge is -2.14. The zero-order valence-corrected chi connectivity index (χ0v) is 14.6. The van der Waals surface area contributed by atoms with Crippen molar-refractivity contribution in [3.8, 4) is 0 Å². The van der Waals surface area contributed by atoms with Gasteiger partial charge in [0.05, 0.1) is 4.90 Å². The fraction of sp³-hybridized carbons (Fsp3) is 0.625. The number of unbranched alkanes of at least 4 members (excludes halogenated alkanes) is 1. The van der Waals surface area contributed by atoms with E-state index in [0.717, 1.165) is 36.1 Å². The smallest absolute Gasteiger partial charge is 0.241 e. The van der Waals surface area contributed by atoms with E-state index in [0.29, 0.717) is 17.4 Å². The third kappa shape index (κ3) is 5.32. The minimum Gasteiger partial charge on any atom is -0.388 e. The van der Waals surface area contributed by atoms with Crippen molar-refractivity contribution in [2.75, 3.05) is 18.9 Å². The summed E-state index contributed by atoms with van der Waals surface area (Å²) in [5.74, 6) is 0.667. The summed E-state index contributed by atoms with van der Waals surface area (Å²) in [5.41, 5.74) is 2.48. The van der Waals surface area contributed by atoms with Crippen molar-refractivity contribution in [2.24, 2.45) is 5.92 Å². The molecular formula is C16H28N2O2S. The van der Waals surface area contributed by atoms with Crippen molar-refractivity contribution in [3.05, 3.63) is 23.3 Å². The normalized spacial score (nSPS) is 11.9. The first-order valence-electron chi connectivity index (χ1n) is 7.56. The van der Waals surface area contributed by atoms with Crippen molar-refractivity contribution in [1.29, 1.82) is 0 Å². The number of benzene rings is 1. The summed E-state index contributed by atoms with van der Waals surface area (Å²) in [7, 11) is -1.60. The first-order valence-corrected chi connectivity index (χ1v) is 9.05. The van der Waals surface area contributed by atoms with Gasteiger partial charge in [0.15, 0.2) is 0 Å². The summed E-state index contributed by atoms with van der Waals surface area (Å²) in [5, 5.41) is 3.04. The van der Waals surface area contributed by atoms with Gasteiger partial charge < -0.3 is 5.32 Å². The van der Waals surface area contributed by atoms with Gasteiger partial charge in [0.2, 0.25) is 10.0 Å². The Morgan fingerprint density at radius 1 is 1.10 bits per heavy atom. The molecule has 0 aliphatic rings. The molecule has 1 aromatic rings. The molecule has 0 unspecified atom stereocenters. The van der Waals surface area contributed by atoms with E-state index in [9.17, 15) is 8.42 Å². The molecule has 0 spiro atoms. The molecule has 0 amide bonds. The summed E-state index contributed by atoms with van der Waals surface area (Å²) in [6.45, 7) is 8.53. The summed E-state index contributed by atoms with van der Waals surface area (Å²) in [4.78, 5) is 0.408. The van der Waals surface area contributed by atoms with Gasteiger partial charge >= 0.3 is 0 Å². The van der Waals surface area contributed by atoms with Gasteiger partial charge in [-0.3, -0.25) is 0 Å². The Labute approximate surface area is 129 Å². The molecule has 0 radical (unpaired) electrons. The maximum Gasteiger partial charge on any atom is 0.241 e. The van der Waals surface area contributed by atoms with Crippen LogP contribution < -0.4 is 10.0 Å². The van der Waals surface area contributed by atoms with Crippen LogP contribution in [0.3, 0.4) is 0 Å². The fourth-order valence-electron chi connectivity index (χ4n) is 2.47. The molecule has 5 heteroatoms. The van der Waals surface area contributed by atoms with E-state index in [2.05, 4.69) is 23.9 Å². The highest BCUT2D eigenvalue weighted by atomic mass is 32.2. The van der Waals surface area contributed by atoms with Crippen molar-refractivity contribution in [1.82, 2.24) is 4.72 Å². The van der Waals surface area contributed by atoms with E-state index < -0.39 is 10.0 Å². The largest absolute Gasteiger partial charge is 0.388 e. The zero-order valence-electron chi connectivity index (χ0n) is 13.8. The van der Waals surface area contributed by atoms with Crippen LogP contribution >= 0.6 is 0 Å². The second-order valence-corrected chi connectivity index (χ2v) is 7.68. The van der Waals surface area contributed by atoms with Crippen LogP contribution in [0.4, 0.5) is 5.69 Å². The number of sulfonamides is 1. The van der Waals surface area contributed by atoms with E-state index in [-0.39, 0.29) is 0 Å². The molecule has 0 aliphatic carbocycles. The minimum atomic E-state index is -3.43. The van der Waals surface area contributed by atoms with Gasteiger partial charge in [-0.15, -0.1) is 0 Å². The summed E-state index contributed by atoms with van der Waals surface area (Å²) in [6, 6.07) is 3.72. The van der Waals surface area contributed by atoms with Gasteiger partial charge in [0, 0.05) is 19.3 Å². The average Bonchev–Trinajstić information content (AvgIpc) is 2.36.